The van der Waals surface area contributed by atoms with Crippen molar-refractivity contribution in [3.8, 4) is 5.75 Å². The first kappa shape index (κ1) is 32.5. The van der Waals surface area contributed by atoms with Crippen LogP contribution in [0.3, 0.4) is 0 Å². The van der Waals surface area contributed by atoms with Crippen LogP contribution in [0.1, 0.15) is 61.9 Å². The van der Waals surface area contributed by atoms with Crippen molar-refractivity contribution in [1.82, 2.24) is 4.31 Å². The molecule has 8 heteroatoms. The second-order valence-electron chi connectivity index (χ2n) is 10.7. The molecule has 0 fully saturated rings. The number of nitrogens with two attached hydrogens (primary N) is 1. The van der Waals surface area contributed by atoms with Gasteiger partial charge in [0.1, 0.15) is 11.9 Å². The minimum absolute atomic E-state index is 0.250. The van der Waals surface area contributed by atoms with Crippen molar-refractivity contribution >= 4 is 41.1 Å². The van der Waals surface area contributed by atoms with Crippen molar-refractivity contribution in [3.05, 3.63) is 69.4 Å². The van der Waals surface area contributed by atoms with Crippen molar-refractivity contribution in [3.63, 3.8) is 0 Å². The lowest BCUT2D eigenvalue weighted by Crippen LogP contribution is -2.29. The Morgan fingerprint density at radius 3 is 2.49 bits per heavy atom. The standard InChI is InChI=1S/C21H29NOS2.C9H14N2.CH2O2/c1-6-17-14-22(25-20-10-8-7-9-19(20)23-17)13-16-11-18(24-15(16)2)12-21(3,4)5;1-3-11-8-6-4-5-7(2)9(8)10;2-1-3/h7-11,17H,6,12-14H2,1-5H3;4-6,11H,3,10H2,1-2H3;1H,(H,2,3)/t17-;;/m1../s1. The molecule has 1 aromatic heterocycles. The molecule has 4 rings (SSSR count). The van der Waals surface area contributed by atoms with Gasteiger partial charge >= 0.3 is 0 Å². The molecule has 2 aromatic carbocycles. The van der Waals surface area contributed by atoms with Gasteiger partial charge in [-0.1, -0.05) is 52.0 Å². The normalized spacial score (nSPS) is 14.9. The van der Waals surface area contributed by atoms with Gasteiger partial charge in [-0.15, -0.1) is 11.3 Å². The van der Waals surface area contributed by atoms with Gasteiger partial charge in [0.15, 0.2) is 0 Å². The summed E-state index contributed by atoms with van der Waals surface area (Å²) in [6.07, 6.45) is 2.43. The molecule has 0 unspecified atom stereocenters. The van der Waals surface area contributed by atoms with Gasteiger partial charge in [0.2, 0.25) is 0 Å². The largest absolute Gasteiger partial charge is 0.488 e. The van der Waals surface area contributed by atoms with Crippen LogP contribution in [0, 0.1) is 19.3 Å². The molecule has 1 aliphatic rings. The molecule has 0 saturated heterocycles. The minimum Gasteiger partial charge on any atom is -0.488 e. The quantitative estimate of drug-likeness (QED) is 0.157. The van der Waals surface area contributed by atoms with Gasteiger partial charge in [-0.05, 0) is 86.4 Å². The van der Waals surface area contributed by atoms with Crippen LogP contribution < -0.4 is 15.8 Å². The maximum atomic E-state index is 8.36. The minimum atomic E-state index is -0.250. The van der Waals surface area contributed by atoms with Crippen LogP contribution in [-0.4, -0.2) is 35.1 Å². The van der Waals surface area contributed by atoms with Crippen molar-refractivity contribution in [1.29, 1.82) is 0 Å². The van der Waals surface area contributed by atoms with Crippen molar-refractivity contribution in [2.75, 3.05) is 24.1 Å². The molecule has 3 aromatic rings. The van der Waals surface area contributed by atoms with Gasteiger partial charge in [-0.3, -0.25) is 4.79 Å². The average Bonchev–Trinajstić information content (AvgIpc) is 3.09. The summed E-state index contributed by atoms with van der Waals surface area (Å²) in [5.74, 6) is 1.03. The number of rotatable bonds is 6. The van der Waals surface area contributed by atoms with Crippen molar-refractivity contribution in [2.45, 2.75) is 78.9 Å². The summed E-state index contributed by atoms with van der Waals surface area (Å²) < 4.78 is 8.68. The molecular formula is C31H45N3O3S2. The number of nitrogen functional groups attached to an aromatic ring is 1. The molecule has 0 radical (unpaired) electrons. The van der Waals surface area contributed by atoms with Gasteiger partial charge in [0, 0.05) is 29.4 Å². The number of benzene rings is 2. The maximum Gasteiger partial charge on any atom is 0.290 e. The van der Waals surface area contributed by atoms with Gasteiger partial charge < -0.3 is 20.9 Å². The highest BCUT2D eigenvalue weighted by atomic mass is 32.2. The molecule has 214 valence electrons. The van der Waals surface area contributed by atoms with E-state index in [9.17, 15) is 0 Å². The van der Waals surface area contributed by atoms with E-state index in [0.717, 1.165) is 55.2 Å². The number of hydrogen-bond donors (Lipinski definition) is 3. The van der Waals surface area contributed by atoms with E-state index in [-0.39, 0.29) is 12.6 Å². The lowest BCUT2D eigenvalue weighted by molar-refractivity contribution is -0.122. The Balaban J connectivity index is 0.000000317. The predicted molar refractivity (Wildman–Crippen MR) is 168 cm³/mol. The Morgan fingerprint density at radius 2 is 1.85 bits per heavy atom. The zero-order valence-corrected chi connectivity index (χ0v) is 26.0. The van der Waals surface area contributed by atoms with Gasteiger partial charge in [0.05, 0.1) is 16.3 Å². The summed E-state index contributed by atoms with van der Waals surface area (Å²) in [5, 5.41) is 10.1. The van der Waals surface area contributed by atoms with E-state index in [1.165, 1.54) is 20.2 Å². The number of carbonyl (C=O) groups is 1. The molecule has 2 heterocycles. The Bertz CT molecular complexity index is 1170. The first-order chi connectivity index (χ1) is 18.5. The molecule has 1 atom stereocenters. The molecule has 39 heavy (non-hydrogen) atoms. The zero-order valence-electron chi connectivity index (χ0n) is 24.4. The molecule has 0 spiro atoms. The zero-order chi connectivity index (χ0) is 29.0. The van der Waals surface area contributed by atoms with Crippen LogP contribution in [0.25, 0.3) is 0 Å². The smallest absolute Gasteiger partial charge is 0.290 e. The van der Waals surface area contributed by atoms with E-state index in [4.69, 9.17) is 20.4 Å². The van der Waals surface area contributed by atoms with Crippen LogP contribution in [0.2, 0.25) is 0 Å². The fraction of sp³-hybridized carbons (Fsp3) is 0.452. The lowest BCUT2D eigenvalue weighted by Gasteiger charge is -2.22. The second-order valence-corrected chi connectivity index (χ2v) is 13.2. The fourth-order valence-corrected chi connectivity index (χ4v) is 6.54. The topological polar surface area (TPSA) is 87.8 Å². The Kier molecular flexibility index (Phi) is 13.2. The van der Waals surface area contributed by atoms with Gasteiger partial charge in [-0.2, -0.15) is 0 Å². The number of nitrogens with zero attached hydrogens (tertiary/aromatic N) is 1. The van der Waals surface area contributed by atoms with Gasteiger partial charge in [0.25, 0.3) is 6.47 Å². The summed E-state index contributed by atoms with van der Waals surface area (Å²) in [5.41, 5.74) is 10.6. The van der Waals surface area contributed by atoms with E-state index < -0.39 is 0 Å². The summed E-state index contributed by atoms with van der Waals surface area (Å²) in [7, 11) is 0. The number of fused-ring (bicyclic) bond motifs is 1. The molecule has 6 nitrogen and oxygen atoms in total. The SMILES string of the molecule is CCNc1cccc(C)c1N.CC[C@@H]1CN(Cc2cc(CC(C)(C)C)sc2C)Sc2ccccc2O1.O=CO. The number of aryl methyl sites for hydroxylation is 2. The van der Waals surface area contributed by atoms with Crippen LogP contribution in [0.5, 0.6) is 5.75 Å². The van der Waals surface area contributed by atoms with Crippen molar-refractivity contribution in [2.24, 2.45) is 5.41 Å². The molecule has 0 aliphatic carbocycles. The average molecular weight is 572 g/mol. The third-order valence-electron chi connectivity index (χ3n) is 6.05. The van der Waals surface area contributed by atoms with Gasteiger partial charge in [-0.25, -0.2) is 4.31 Å². The van der Waals surface area contributed by atoms with Crippen LogP contribution >= 0.6 is 23.3 Å². The molecule has 0 amide bonds. The maximum absolute atomic E-state index is 8.36. The highest BCUT2D eigenvalue weighted by Gasteiger charge is 2.24. The third-order valence-corrected chi connectivity index (χ3v) is 8.21. The van der Waals surface area contributed by atoms with Crippen molar-refractivity contribution < 1.29 is 14.6 Å². The molecule has 4 N–H and O–H groups in total. The van der Waals surface area contributed by atoms with Crippen LogP contribution in [-0.2, 0) is 17.8 Å². The Labute approximate surface area is 243 Å². The van der Waals surface area contributed by atoms with E-state index in [2.05, 4.69) is 81.5 Å². The fourth-order valence-electron chi connectivity index (χ4n) is 4.12. The van der Waals surface area contributed by atoms with E-state index in [0.29, 0.717) is 5.41 Å². The first-order valence-electron chi connectivity index (χ1n) is 13.4. The predicted octanol–water partition coefficient (Wildman–Crippen LogP) is 8.04. The summed E-state index contributed by atoms with van der Waals surface area (Å²) in [4.78, 5) is 12.5. The molecule has 0 bridgehead atoms. The number of anilines is 2. The highest BCUT2D eigenvalue weighted by molar-refractivity contribution is 7.97. The van der Waals surface area contributed by atoms with Crippen LogP contribution in [0.15, 0.2) is 53.4 Å². The first-order valence-corrected chi connectivity index (χ1v) is 15.0. The molecule has 0 saturated carbocycles. The number of para-hydroxylation sites is 2. The van der Waals surface area contributed by atoms with E-state index in [1.54, 1.807) is 0 Å². The number of nitrogens with one attached hydrogen (secondary N) is 1. The number of carboxylic acid groups (broad SMARTS) is 1. The lowest BCUT2D eigenvalue weighted by atomic mass is 9.91. The summed E-state index contributed by atoms with van der Waals surface area (Å²) in [6, 6.07) is 16.8. The summed E-state index contributed by atoms with van der Waals surface area (Å²) in [6.45, 7) is 18.1. The molecular weight excluding hydrogens is 526 g/mol. The highest BCUT2D eigenvalue weighted by Crippen LogP contribution is 2.38. The second kappa shape index (κ2) is 15.8. The molecule has 1 aliphatic heterocycles. The van der Waals surface area contributed by atoms with E-state index >= 15 is 0 Å². The number of thiophene rings is 1. The third kappa shape index (κ3) is 10.8. The number of hydrogen-bond acceptors (Lipinski definition) is 7. The monoisotopic (exact) mass is 571 g/mol. The number of ether oxygens (including phenoxy) is 1. The van der Waals surface area contributed by atoms with Crippen LogP contribution in [0.4, 0.5) is 11.4 Å². The summed E-state index contributed by atoms with van der Waals surface area (Å²) >= 11 is 3.80. The Hall–Kier alpha value is -2.68. The Morgan fingerprint density at radius 1 is 1.15 bits per heavy atom. The van der Waals surface area contributed by atoms with E-state index in [1.807, 2.05) is 48.4 Å².